The van der Waals surface area contributed by atoms with Crippen LogP contribution in [0.25, 0.3) is 0 Å². The Bertz CT molecular complexity index is 1140. The molecule has 3 aromatic rings. The molecule has 0 bridgehead atoms. The van der Waals surface area contributed by atoms with Gasteiger partial charge in [0.2, 0.25) is 0 Å². The van der Waals surface area contributed by atoms with E-state index in [9.17, 15) is 4.79 Å². The number of hydrogen-bond donors (Lipinski definition) is 2. The third kappa shape index (κ3) is 6.94. The van der Waals surface area contributed by atoms with Gasteiger partial charge < -0.3 is 19.9 Å². The Balaban J connectivity index is 1.03. The van der Waals surface area contributed by atoms with Crippen molar-refractivity contribution < 1.29 is 9.53 Å². The van der Waals surface area contributed by atoms with Crippen LogP contribution in [0.15, 0.2) is 48.7 Å². The first-order valence-corrected chi connectivity index (χ1v) is 13.6. The maximum atomic E-state index is 12.6. The molecule has 10 heteroatoms. The molecule has 0 spiro atoms. The van der Waals surface area contributed by atoms with Gasteiger partial charge >= 0.3 is 6.09 Å². The molecule has 0 radical (unpaired) electrons. The lowest BCUT2D eigenvalue weighted by Crippen LogP contribution is -2.48. The first kappa shape index (κ1) is 25.8. The lowest BCUT2D eigenvalue weighted by atomic mass is 9.88. The molecular formula is C27H32Cl2N6O2. The molecule has 3 heterocycles. The van der Waals surface area contributed by atoms with Crippen molar-refractivity contribution in [3.63, 3.8) is 0 Å². The number of aromatic nitrogens is 3. The van der Waals surface area contributed by atoms with E-state index in [-0.39, 0.29) is 12.7 Å². The minimum Gasteiger partial charge on any atom is -0.445 e. The topological polar surface area (TPSA) is 86.4 Å². The van der Waals surface area contributed by atoms with E-state index >= 15 is 0 Å². The molecule has 1 aromatic heterocycles. The number of H-pyrrole nitrogens is 1. The van der Waals surface area contributed by atoms with Crippen LogP contribution in [0.3, 0.4) is 0 Å². The number of piperidine rings is 2. The number of ether oxygens (including phenoxy) is 1. The van der Waals surface area contributed by atoms with Gasteiger partial charge in [0.05, 0.1) is 12.7 Å². The monoisotopic (exact) mass is 542 g/mol. The Hall–Kier alpha value is -2.81. The molecule has 37 heavy (non-hydrogen) atoms. The number of halogens is 2. The zero-order valence-corrected chi connectivity index (χ0v) is 22.2. The number of aromatic amines is 1. The Kier molecular flexibility index (Phi) is 8.48. The normalized spacial score (nSPS) is 17.6. The quantitative estimate of drug-likeness (QED) is 0.398. The highest BCUT2D eigenvalue weighted by atomic mass is 35.5. The summed E-state index contributed by atoms with van der Waals surface area (Å²) in [6, 6.07) is 14.5. The van der Waals surface area contributed by atoms with E-state index in [2.05, 4.69) is 49.9 Å². The lowest BCUT2D eigenvalue weighted by Gasteiger charge is -2.41. The summed E-state index contributed by atoms with van der Waals surface area (Å²) >= 11 is 12.1. The van der Waals surface area contributed by atoms with E-state index in [4.69, 9.17) is 27.9 Å². The maximum Gasteiger partial charge on any atom is 0.410 e. The summed E-state index contributed by atoms with van der Waals surface area (Å²) in [5.41, 5.74) is 4.18. The van der Waals surface area contributed by atoms with Crippen LogP contribution in [0.2, 0.25) is 10.0 Å². The van der Waals surface area contributed by atoms with Crippen LogP contribution in [0.5, 0.6) is 0 Å². The van der Waals surface area contributed by atoms with Crippen molar-refractivity contribution >= 4 is 35.0 Å². The molecule has 8 nitrogen and oxygen atoms in total. The van der Waals surface area contributed by atoms with Crippen LogP contribution in [-0.4, -0.2) is 63.5 Å². The molecule has 1 amide bonds. The fourth-order valence-electron chi connectivity index (χ4n) is 5.32. The van der Waals surface area contributed by atoms with Crippen LogP contribution in [0, 0.1) is 0 Å². The largest absolute Gasteiger partial charge is 0.445 e. The molecule has 0 saturated carbocycles. The number of carbonyl (C=O) groups excluding carboxylic acids is 1. The average molecular weight is 543 g/mol. The van der Waals surface area contributed by atoms with Gasteiger partial charge in [-0.25, -0.2) is 4.79 Å². The highest BCUT2D eigenvalue weighted by molar-refractivity contribution is 6.34. The van der Waals surface area contributed by atoms with Crippen molar-refractivity contribution in [2.45, 2.75) is 50.8 Å². The maximum absolute atomic E-state index is 12.6. The number of hydrogen-bond acceptors (Lipinski definition) is 6. The van der Waals surface area contributed by atoms with E-state index < -0.39 is 0 Å². The van der Waals surface area contributed by atoms with E-state index in [0.29, 0.717) is 28.5 Å². The Morgan fingerprint density at radius 3 is 2.35 bits per heavy atom. The van der Waals surface area contributed by atoms with Gasteiger partial charge in [-0.3, -0.25) is 0 Å². The highest BCUT2D eigenvalue weighted by Crippen LogP contribution is 2.31. The smallest absolute Gasteiger partial charge is 0.410 e. The highest BCUT2D eigenvalue weighted by Gasteiger charge is 2.30. The number of amides is 1. The molecule has 0 aliphatic carbocycles. The van der Waals surface area contributed by atoms with Gasteiger partial charge in [0, 0.05) is 34.9 Å². The Morgan fingerprint density at radius 2 is 1.70 bits per heavy atom. The van der Waals surface area contributed by atoms with Gasteiger partial charge in [-0.05, 0) is 86.1 Å². The molecule has 0 unspecified atom stereocenters. The van der Waals surface area contributed by atoms with Crippen molar-refractivity contribution in [1.29, 1.82) is 0 Å². The Labute approximate surface area is 227 Å². The molecule has 2 N–H and O–H groups in total. The molecule has 196 valence electrons. The van der Waals surface area contributed by atoms with Crippen molar-refractivity contribution in [2.24, 2.45) is 0 Å². The van der Waals surface area contributed by atoms with Gasteiger partial charge in [0.15, 0.2) is 0 Å². The molecule has 2 fully saturated rings. The Morgan fingerprint density at radius 1 is 1.00 bits per heavy atom. The minimum atomic E-state index is -0.271. The van der Waals surface area contributed by atoms with Crippen LogP contribution >= 0.6 is 23.2 Å². The fraction of sp³-hybridized carbons (Fsp3) is 0.444. The standard InChI is InChI=1S/C27H32Cl2N6O2/c28-22-13-19(14-23(29)15-22)18-37-27(36)35-11-7-26(8-12-35)34-9-5-21(6-10-34)20-1-3-24(4-2-20)30-16-25-17-31-33-32-25/h1-4,13-15,17,21,26,30H,5-12,16,18H2,(H,31,32,33). The molecule has 5 rings (SSSR count). The molecule has 2 aliphatic rings. The van der Waals surface area contributed by atoms with Crippen molar-refractivity contribution in [2.75, 3.05) is 31.5 Å². The second kappa shape index (κ2) is 12.2. The van der Waals surface area contributed by atoms with Crippen LogP contribution in [-0.2, 0) is 17.9 Å². The molecular weight excluding hydrogens is 511 g/mol. The number of likely N-dealkylation sites (tertiary alicyclic amines) is 2. The predicted octanol–water partition coefficient (Wildman–Crippen LogP) is 5.70. The first-order chi connectivity index (χ1) is 18.0. The van der Waals surface area contributed by atoms with Crippen molar-refractivity contribution in [1.82, 2.24) is 25.2 Å². The minimum absolute atomic E-state index is 0.172. The third-order valence-electron chi connectivity index (χ3n) is 7.37. The summed E-state index contributed by atoms with van der Waals surface area (Å²) in [5, 5.41) is 15.0. The fourth-order valence-corrected chi connectivity index (χ4v) is 5.89. The van der Waals surface area contributed by atoms with Crippen LogP contribution in [0.1, 0.15) is 48.4 Å². The zero-order valence-electron chi connectivity index (χ0n) is 20.7. The van der Waals surface area contributed by atoms with Gasteiger partial charge in [-0.15, -0.1) is 0 Å². The van der Waals surface area contributed by atoms with Crippen LogP contribution < -0.4 is 5.32 Å². The van der Waals surface area contributed by atoms with Gasteiger partial charge in [-0.2, -0.15) is 15.4 Å². The van der Waals surface area contributed by atoms with E-state index in [0.717, 1.165) is 68.8 Å². The summed E-state index contributed by atoms with van der Waals surface area (Å²) in [6.45, 7) is 4.47. The number of carbonyl (C=O) groups is 1. The zero-order chi connectivity index (χ0) is 25.6. The lowest BCUT2D eigenvalue weighted by molar-refractivity contribution is 0.0608. The van der Waals surface area contributed by atoms with E-state index in [1.165, 1.54) is 5.56 Å². The number of nitrogens with zero attached hydrogens (tertiary/aromatic N) is 4. The first-order valence-electron chi connectivity index (χ1n) is 12.8. The number of rotatable bonds is 7. The summed E-state index contributed by atoms with van der Waals surface area (Å²) < 4.78 is 5.51. The number of anilines is 1. The SMILES string of the molecule is O=C(OCc1cc(Cl)cc(Cl)c1)N1CCC(N2CCC(c3ccc(NCc4cn[nH]n4)cc3)CC2)CC1. The number of benzene rings is 2. The summed E-state index contributed by atoms with van der Waals surface area (Å²) in [6.07, 6.45) is 5.74. The summed E-state index contributed by atoms with van der Waals surface area (Å²) in [4.78, 5) is 17.0. The van der Waals surface area contributed by atoms with Crippen molar-refractivity contribution in [3.05, 3.63) is 75.5 Å². The molecule has 2 aromatic carbocycles. The van der Waals surface area contributed by atoms with Gasteiger partial charge in [0.1, 0.15) is 12.3 Å². The third-order valence-corrected chi connectivity index (χ3v) is 7.81. The summed E-state index contributed by atoms with van der Waals surface area (Å²) in [5.74, 6) is 0.593. The second-order valence-corrected chi connectivity index (χ2v) is 10.7. The van der Waals surface area contributed by atoms with E-state index in [1.807, 2.05) is 4.90 Å². The summed E-state index contributed by atoms with van der Waals surface area (Å²) in [7, 11) is 0. The number of nitrogens with one attached hydrogen (secondary N) is 2. The van der Waals surface area contributed by atoms with Gasteiger partial charge in [-0.1, -0.05) is 35.3 Å². The molecule has 2 aliphatic heterocycles. The van der Waals surface area contributed by atoms with Crippen LogP contribution in [0.4, 0.5) is 10.5 Å². The second-order valence-electron chi connectivity index (χ2n) is 9.80. The predicted molar refractivity (Wildman–Crippen MR) is 145 cm³/mol. The van der Waals surface area contributed by atoms with E-state index in [1.54, 1.807) is 24.4 Å². The molecule has 2 saturated heterocycles. The van der Waals surface area contributed by atoms with Gasteiger partial charge in [0.25, 0.3) is 0 Å². The average Bonchev–Trinajstić information content (AvgIpc) is 3.44. The molecule has 0 atom stereocenters. The van der Waals surface area contributed by atoms with Crippen molar-refractivity contribution in [3.8, 4) is 0 Å².